The number of halogens is 7. The fourth-order valence-corrected chi connectivity index (χ4v) is 3.49. The molecule has 0 saturated heterocycles. The number of hydrogen-bond acceptors (Lipinski definition) is 3. The van der Waals surface area contributed by atoms with Crippen molar-refractivity contribution in [3.8, 4) is 28.7 Å². The van der Waals surface area contributed by atoms with Crippen LogP contribution in [0.2, 0.25) is 0 Å². The summed E-state index contributed by atoms with van der Waals surface area (Å²) in [6.45, 7) is 3.65. The Hall–Kier alpha value is -4.65. The van der Waals surface area contributed by atoms with Crippen LogP contribution in [0.1, 0.15) is 28.9 Å². The first kappa shape index (κ1) is 27.4. The minimum Gasteiger partial charge on any atom is -0.429 e. The highest BCUT2D eigenvalue weighted by molar-refractivity contribution is 5.66. The Bertz CT molecular complexity index is 1570. The maximum absolute atomic E-state index is 14.8. The fourth-order valence-electron chi connectivity index (χ4n) is 3.49. The van der Waals surface area contributed by atoms with E-state index in [-0.39, 0.29) is 34.6 Å². The number of aromatic nitrogens is 2. The molecule has 0 unspecified atom stereocenters. The van der Waals surface area contributed by atoms with Crippen molar-refractivity contribution in [2.75, 3.05) is 0 Å². The summed E-state index contributed by atoms with van der Waals surface area (Å²) in [5.74, 6) is -3.06. The molecule has 0 fully saturated rings. The van der Waals surface area contributed by atoms with Gasteiger partial charge in [-0.3, -0.25) is 0 Å². The van der Waals surface area contributed by atoms with Crippen LogP contribution < -0.4 is 4.74 Å². The molecular weight excluding hydrogens is 525 g/mol. The molecule has 1 heterocycles. The molecule has 1 aromatic heterocycles. The lowest BCUT2D eigenvalue weighted by atomic mass is 10.0. The predicted octanol–water partition coefficient (Wildman–Crippen LogP) is 7.49. The summed E-state index contributed by atoms with van der Waals surface area (Å²) >= 11 is 0. The number of hydrogen-bond donors (Lipinski definition) is 0. The average Bonchev–Trinajstić information content (AvgIpc) is 2.89. The number of aryl methyl sites for hydroxylation is 1. The quantitative estimate of drug-likeness (QED) is 0.105. The third kappa shape index (κ3) is 6.44. The number of benzene rings is 3. The van der Waals surface area contributed by atoms with E-state index in [9.17, 15) is 30.7 Å². The van der Waals surface area contributed by atoms with Crippen LogP contribution in [0.3, 0.4) is 0 Å². The maximum atomic E-state index is 14.8. The zero-order chi connectivity index (χ0) is 28.2. The SMILES string of the molecule is C=CCCc1cnc(C#Cc2ccc(-c3ccc(C(F)(F)Oc4cc(F)c(F)c(F)c4)c(F)c3)c(F)c2)nc1. The van der Waals surface area contributed by atoms with Crippen molar-refractivity contribution in [3.05, 3.63) is 125 Å². The van der Waals surface area contributed by atoms with E-state index in [1.165, 1.54) is 12.1 Å². The third-order valence-corrected chi connectivity index (χ3v) is 5.43. The smallest absolute Gasteiger partial charge is 0.429 e. The van der Waals surface area contributed by atoms with Crippen LogP contribution in [-0.4, -0.2) is 9.97 Å². The van der Waals surface area contributed by atoms with Crippen molar-refractivity contribution in [3.63, 3.8) is 0 Å². The van der Waals surface area contributed by atoms with Gasteiger partial charge in [0, 0.05) is 35.7 Å². The third-order valence-electron chi connectivity index (χ3n) is 5.43. The highest BCUT2D eigenvalue weighted by Gasteiger charge is 2.38. The van der Waals surface area contributed by atoms with E-state index in [4.69, 9.17) is 0 Å². The van der Waals surface area contributed by atoms with Gasteiger partial charge in [-0.1, -0.05) is 24.1 Å². The lowest BCUT2D eigenvalue weighted by Crippen LogP contribution is -2.23. The second-order valence-electron chi connectivity index (χ2n) is 8.20. The first-order valence-corrected chi connectivity index (χ1v) is 11.3. The molecule has 0 amide bonds. The van der Waals surface area contributed by atoms with Crippen LogP contribution >= 0.6 is 0 Å². The Kier molecular flexibility index (Phi) is 8.00. The molecule has 0 saturated carbocycles. The Morgan fingerprint density at radius 3 is 2.13 bits per heavy atom. The summed E-state index contributed by atoms with van der Waals surface area (Å²) in [6.07, 6.45) is 2.18. The minimum atomic E-state index is -4.39. The van der Waals surface area contributed by atoms with Crippen LogP contribution in [0, 0.1) is 40.9 Å². The molecule has 39 heavy (non-hydrogen) atoms. The van der Waals surface area contributed by atoms with Gasteiger partial charge in [0.1, 0.15) is 17.4 Å². The molecule has 0 aliphatic carbocycles. The largest absolute Gasteiger partial charge is 0.429 e. The van der Waals surface area contributed by atoms with Crippen molar-refractivity contribution in [2.24, 2.45) is 0 Å². The molecule has 4 rings (SSSR count). The normalized spacial score (nSPS) is 11.1. The van der Waals surface area contributed by atoms with Crippen LogP contribution in [0.15, 0.2) is 73.6 Å². The van der Waals surface area contributed by atoms with Gasteiger partial charge in [-0.2, -0.15) is 8.78 Å². The molecule has 0 N–H and O–H groups in total. The molecule has 198 valence electrons. The number of allylic oxidation sites excluding steroid dienone is 1. The van der Waals surface area contributed by atoms with E-state index >= 15 is 0 Å². The van der Waals surface area contributed by atoms with Crippen LogP contribution in [0.5, 0.6) is 5.75 Å². The summed E-state index contributed by atoms with van der Waals surface area (Å²) < 4.78 is 102. The van der Waals surface area contributed by atoms with Crippen LogP contribution in [0.25, 0.3) is 11.1 Å². The molecule has 0 radical (unpaired) electrons. The summed E-state index contributed by atoms with van der Waals surface area (Å²) in [7, 11) is 0. The van der Waals surface area contributed by atoms with Gasteiger partial charge >= 0.3 is 6.11 Å². The summed E-state index contributed by atoms with van der Waals surface area (Å²) in [4.78, 5) is 8.26. The van der Waals surface area contributed by atoms with E-state index in [0.29, 0.717) is 12.1 Å². The fraction of sp³-hybridized carbons (Fsp3) is 0.103. The minimum absolute atomic E-state index is 0.0682. The van der Waals surface area contributed by atoms with Crippen molar-refractivity contribution in [2.45, 2.75) is 19.0 Å². The molecule has 0 aliphatic heterocycles. The molecule has 4 aromatic rings. The van der Waals surface area contributed by atoms with E-state index in [1.54, 1.807) is 18.5 Å². The Morgan fingerprint density at radius 1 is 0.821 bits per heavy atom. The predicted molar refractivity (Wildman–Crippen MR) is 129 cm³/mol. The van der Waals surface area contributed by atoms with Gasteiger partial charge in [-0.25, -0.2) is 31.9 Å². The molecule has 0 spiro atoms. The standard InChI is InChI=1S/C29H17F7N2O/c1-2-3-4-18-15-37-27(38-16-18)10-6-17-5-8-21(23(30)11-17)19-7-9-22(24(31)12-19)29(35,36)39-20-13-25(32)28(34)26(33)14-20/h2,5,7-9,11-16H,1,3-4H2. The van der Waals surface area contributed by atoms with Crippen LogP contribution in [-0.2, 0) is 12.5 Å². The molecule has 10 heteroatoms. The van der Waals surface area contributed by atoms with Crippen molar-refractivity contribution in [1.29, 1.82) is 0 Å². The van der Waals surface area contributed by atoms with Gasteiger partial charge in [-0.05, 0) is 54.2 Å². The van der Waals surface area contributed by atoms with E-state index in [2.05, 4.69) is 33.1 Å². The second kappa shape index (κ2) is 11.4. The van der Waals surface area contributed by atoms with Gasteiger partial charge in [0.2, 0.25) is 5.82 Å². The topological polar surface area (TPSA) is 35.0 Å². The lowest BCUT2D eigenvalue weighted by molar-refractivity contribution is -0.187. The van der Waals surface area contributed by atoms with Crippen LogP contribution in [0.4, 0.5) is 30.7 Å². The van der Waals surface area contributed by atoms with Crippen molar-refractivity contribution < 1.29 is 35.5 Å². The van der Waals surface area contributed by atoms with Gasteiger partial charge in [0.15, 0.2) is 17.5 Å². The highest BCUT2D eigenvalue weighted by atomic mass is 19.3. The summed E-state index contributed by atoms with van der Waals surface area (Å²) in [6, 6.07) is 6.55. The van der Waals surface area contributed by atoms with Crippen molar-refractivity contribution >= 4 is 0 Å². The van der Waals surface area contributed by atoms with E-state index in [0.717, 1.165) is 30.5 Å². The number of rotatable bonds is 7. The number of alkyl halides is 2. The van der Waals surface area contributed by atoms with Gasteiger partial charge < -0.3 is 4.74 Å². The van der Waals surface area contributed by atoms with Gasteiger partial charge in [0.25, 0.3) is 0 Å². The average molecular weight is 542 g/mol. The molecular formula is C29H17F7N2O. The van der Waals surface area contributed by atoms with Gasteiger partial charge in [0.05, 0.1) is 5.56 Å². The molecule has 0 atom stereocenters. The number of nitrogens with zero attached hydrogens (tertiary/aromatic N) is 2. The Balaban J connectivity index is 1.52. The highest BCUT2D eigenvalue weighted by Crippen LogP contribution is 2.36. The summed E-state index contributed by atoms with van der Waals surface area (Å²) in [5, 5.41) is 0. The Morgan fingerprint density at radius 2 is 1.51 bits per heavy atom. The second-order valence-corrected chi connectivity index (χ2v) is 8.20. The first-order chi connectivity index (χ1) is 18.6. The first-order valence-electron chi connectivity index (χ1n) is 11.3. The zero-order valence-corrected chi connectivity index (χ0v) is 19.9. The van der Waals surface area contributed by atoms with Gasteiger partial charge in [-0.15, -0.1) is 6.58 Å². The molecule has 3 nitrogen and oxygen atoms in total. The number of ether oxygens (including phenoxy) is 1. The molecule has 3 aromatic carbocycles. The lowest BCUT2D eigenvalue weighted by Gasteiger charge is -2.19. The van der Waals surface area contributed by atoms with Crippen molar-refractivity contribution in [1.82, 2.24) is 9.97 Å². The van der Waals surface area contributed by atoms with E-state index < -0.39 is 46.5 Å². The molecule has 0 aliphatic rings. The van der Waals surface area contributed by atoms with E-state index in [1.807, 2.05) is 0 Å². The molecule has 0 bridgehead atoms. The zero-order valence-electron chi connectivity index (χ0n) is 19.9. The Labute approximate surface area is 218 Å². The maximum Gasteiger partial charge on any atom is 0.429 e. The summed E-state index contributed by atoms with van der Waals surface area (Å²) in [5.41, 5.74) is -0.264. The monoisotopic (exact) mass is 542 g/mol.